The van der Waals surface area contributed by atoms with E-state index in [1.54, 1.807) is 7.11 Å². The highest BCUT2D eigenvalue weighted by Gasteiger charge is 2.25. The number of methoxy groups -OCH3 is 1. The van der Waals surface area contributed by atoms with Gasteiger partial charge in [-0.3, -0.25) is 9.69 Å². The van der Waals surface area contributed by atoms with E-state index in [4.69, 9.17) is 18.4 Å². The summed E-state index contributed by atoms with van der Waals surface area (Å²) in [6, 6.07) is 11.3. The van der Waals surface area contributed by atoms with E-state index in [9.17, 15) is 4.79 Å². The van der Waals surface area contributed by atoms with Crippen molar-refractivity contribution in [1.82, 2.24) is 20.4 Å². The first-order valence-corrected chi connectivity index (χ1v) is 10.7. The van der Waals surface area contributed by atoms with Crippen LogP contribution in [0.1, 0.15) is 29.9 Å². The average molecular weight is 441 g/mol. The molecular formula is C23H28N4O5. The first kappa shape index (κ1) is 22.0. The van der Waals surface area contributed by atoms with Crippen LogP contribution < -0.4 is 10.1 Å². The van der Waals surface area contributed by atoms with E-state index in [0.717, 1.165) is 35.9 Å². The van der Waals surface area contributed by atoms with Crippen molar-refractivity contribution in [3.8, 4) is 17.1 Å². The molecule has 2 aromatic heterocycles. The molecule has 4 rings (SSSR count). The normalized spacial score (nSPS) is 15.4. The van der Waals surface area contributed by atoms with Crippen LogP contribution in [0.4, 0.5) is 0 Å². The van der Waals surface area contributed by atoms with E-state index in [2.05, 4.69) is 20.4 Å². The van der Waals surface area contributed by atoms with E-state index in [1.165, 1.54) is 0 Å². The van der Waals surface area contributed by atoms with Crippen LogP contribution in [0.2, 0.25) is 0 Å². The molecule has 1 amide bonds. The molecule has 0 spiro atoms. The van der Waals surface area contributed by atoms with Crippen LogP contribution in [0.15, 0.2) is 45.3 Å². The fraction of sp³-hybridized carbons (Fsp3) is 0.435. The van der Waals surface area contributed by atoms with Crippen LogP contribution in [0.25, 0.3) is 11.4 Å². The largest absolute Gasteiger partial charge is 0.497 e. The number of aryl methyl sites for hydroxylation is 2. The zero-order valence-electron chi connectivity index (χ0n) is 18.4. The number of morpholine rings is 1. The number of furan rings is 1. The van der Waals surface area contributed by atoms with Gasteiger partial charge in [-0.2, -0.15) is 4.98 Å². The molecule has 1 aliphatic heterocycles. The maximum atomic E-state index is 12.5. The van der Waals surface area contributed by atoms with E-state index < -0.39 is 0 Å². The third-order valence-electron chi connectivity index (χ3n) is 5.45. The smallest absolute Gasteiger partial charge is 0.227 e. The number of benzene rings is 1. The summed E-state index contributed by atoms with van der Waals surface area (Å²) in [5, 5.41) is 7.03. The monoisotopic (exact) mass is 440 g/mol. The number of nitrogens with zero attached hydrogens (tertiary/aromatic N) is 3. The molecule has 9 nitrogen and oxygen atoms in total. The highest BCUT2D eigenvalue weighted by Crippen LogP contribution is 2.23. The number of hydrogen-bond acceptors (Lipinski definition) is 8. The Balaban J connectivity index is 1.30. The summed E-state index contributed by atoms with van der Waals surface area (Å²) in [5.41, 5.74) is 0.826. The number of aromatic nitrogens is 2. The second-order valence-corrected chi connectivity index (χ2v) is 7.66. The van der Waals surface area contributed by atoms with Crippen LogP contribution in [0.3, 0.4) is 0 Å². The highest BCUT2D eigenvalue weighted by atomic mass is 16.5. The van der Waals surface area contributed by atoms with Crippen LogP contribution in [-0.4, -0.2) is 60.9 Å². The van der Waals surface area contributed by atoms with Gasteiger partial charge in [-0.15, -0.1) is 0 Å². The maximum absolute atomic E-state index is 12.5. The third kappa shape index (κ3) is 5.54. The molecule has 0 saturated carbocycles. The van der Waals surface area contributed by atoms with Gasteiger partial charge in [-0.1, -0.05) is 5.16 Å². The van der Waals surface area contributed by atoms with Gasteiger partial charge in [0.05, 0.1) is 26.4 Å². The van der Waals surface area contributed by atoms with Gasteiger partial charge < -0.3 is 23.7 Å². The Morgan fingerprint density at radius 2 is 1.97 bits per heavy atom. The lowest BCUT2D eigenvalue weighted by Gasteiger charge is -2.33. The van der Waals surface area contributed by atoms with Gasteiger partial charge in [-0.05, 0) is 43.3 Å². The number of nitrogens with one attached hydrogen (secondary N) is 1. The fourth-order valence-corrected chi connectivity index (χ4v) is 3.66. The quantitative estimate of drug-likeness (QED) is 0.542. The zero-order chi connectivity index (χ0) is 22.3. The third-order valence-corrected chi connectivity index (χ3v) is 5.45. The summed E-state index contributed by atoms with van der Waals surface area (Å²) in [6.07, 6.45) is 0.633. The first-order chi connectivity index (χ1) is 15.6. The Bertz CT molecular complexity index is 1010. The Hall–Kier alpha value is -3.17. The zero-order valence-corrected chi connectivity index (χ0v) is 18.4. The van der Waals surface area contributed by atoms with Crippen LogP contribution in [-0.2, 0) is 16.0 Å². The SMILES string of the molecule is COc1ccc(-c2noc(CCC(=O)NC[C@@H](c3ccc(C)o3)N3CCOCC3)n2)cc1. The van der Waals surface area contributed by atoms with Gasteiger partial charge in [0.15, 0.2) is 0 Å². The molecule has 3 aromatic rings. The lowest BCUT2D eigenvalue weighted by atomic mass is 10.1. The summed E-state index contributed by atoms with van der Waals surface area (Å²) in [4.78, 5) is 19.2. The number of rotatable bonds is 9. The average Bonchev–Trinajstić information content (AvgIpc) is 3.48. The molecule has 9 heteroatoms. The fourth-order valence-electron chi connectivity index (χ4n) is 3.66. The molecule has 3 heterocycles. The van der Waals surface area contributed by atoms with Crippen molar-refractivity contribution in [2.45, 2.75) is 25.8 Å². The molecule has 1 fully saturated rings. The van der Waals surface area contributed by atoms with E-state index >= 15 is 0 Å². The summed E-state index contributed by atoms with van der Waals surface area (Å²) in [5.74, 6) is 3.31. The summed E-state index contributed by atoms with van der Waals surface area (Å²) in [6.45, 7) is 5.35. The molecule has 1 N–H and O–H groups in total. The maximum Gasteiger partial charge on any atom is 0.227 e. The predicted molar refractivity (Wildman–Crippen MR) is 116 cm³/mol. The van der Waals surface area contributed by atoms with Gasteiger partial charge in [0.2, 0.25) is 17.6 Å². The summed E-state index contributed by atoms with van der Waals surface area (Å²) in [7, 11) is 1.62. The predicted octanol–water partition coefficient (Wildman–Crippen LogP) is 2.77. The van der Waals surface area contributed by atoms with Crippen LogP contribution in [0, 0.1) is 6.92 Å². The minimum atomic E-state index is -0.0734. The van der Waals surface area contributed by atoms with Crippen molar-refractivity contribution >= 4 is 5.91 Å². The number of amides is 1. The molecule has 0 aliphatic carbocycles. The van der Waals surface area contributed by atoms with E-state index in [1.807, 2.05) is 43.3 Å². The second-order valence-electron chi connectivity index (χ2n) is 7.66. The van der Waals surface area contributed by atoms with Crippen molar-refractivity contribution in [2.75, 3.05) is 40.0 Å². The molecule has 32 heavy (non-hydrogen) atoms. The molecule has 0 unspecified atom stereocenters. The first-order valence-electron chi connectivity index (χ1n) is 10.7. The molecule has 1 aliphatic rings. The van der Waals surface area contributed by atoms with Crippen LogP contribution in [0.5, 0.6) is 5.75 Å². The Morgan fingerprint density at radius 1 is 1.19 bits per heavy atom. The molecule has 1 aromatic carbocycles. The number of carbonyl (C=O) groups is 1. The van der Waals surface area contributed by atoms with Crippen LogP contribution >= 0.6 is 0 Å². The molecule has 1 atom stereocenters. The number of carbonyl (C=O) groups excluding carboxylic acids is 1. The van der Waals surface area contributed by atoms with Crippen molar-refractivity contribution < 1.29 is 23.2 Å². The number of ether oxygens (including phenoxy) is 2. The lowest BCUT2D eigenvalue weighted by Crippen LogP contribution is -2.43. The Morgan fingerprint density at radius 3 is 2.66 bits per heavy atom. The van der Waals surface area contributed by atoms with Crippen molar-refractivity contribution in [3.05, 3.63) is 53.8 Å². The summed E-state index contributed by atoms with van der Waals surface area (Å²) < 4.78 is 21.8. The van der Waals surface area contributed by atoms with E-state index in [0.29, 0.717) is 37.9 Å². The highest BCUT2D eigenvalue weighted by molar-refractivity contribution is 5.76. The van der Waals surface area contributed by atoms with Gasteiger partial charge in [0, 0.05) is 38.0 Å². The van der Waals surface area contributed by atoms with E-state index in [-0.39, 0.29) is 18.4 Å². The number of hydrogen-bond donors (Lipinski definition) is 1. The molecular weight excluding hydrogens is 412 g/mol. The Kier molecular flexibility index (Phi) is 7.18. The lowest BCUT2D eigenvalue weighted by molar-refractivity contribution is -0.121. The van der Waals surface area contributed by atoms with Gasteiger partial charge in [0.25, 0.3) is 0 Å². The second kappa shape index (κ2) is 10.4. The van der Waals surface area contributed by atoms with Crippen molar-refractivity contribution in [3.63, 3.8) is 0 Å². The minimum Gasteiger partial charge on any atom is -0.497 e. The minimum absolute atomic E-state index is 0.0263. The standard InChI is InChI=1S/C23H28N4O5/c1-16-3-8-20(31-16)19(27-11-13-30-14-12-27)15-24-21(28)9-10-22-25-23(26-32-22)17-4-6-18(29-2)7-5-17/h3-8,19H,9-15H2,1-2H3,(H,24,28)/t19-/m0/s1. The van der Waals surface area contributed by atoms with Crippen molar-refractivity contribution in [2.24, 2.45) is 0 Å². The van der Waals surface area contributed by atoms with Gasteiger partial charge in [0.1, 0.15) is 17.3 Å². The molecule has 170 valence electrons. The Labute approximate surface area is 186 Å². The van der Waals surface area contributed by atoms with Crippen molar-refractivity contribution in [1.29, 1.82) is 0 Å². The topological polar surface area (TPSA) is 103 Å². The summed E-state index contributed by atoms with van der Waals surface area (Å²) >= 11 is 0. The van der Waals surface area contributed by atoms with Gasteiger partial charge >= 0.3 is 0 Å². The molecule has 1 saturated heterocycles. The molecule has 0 bridgehead atoms. The van der Waals surface area contributed by atoms with Gasteiger partial charge in [-0.25, -0.2) is 0 Å². The molecule has 0 radical (unpaired) electrons.